The first-order chi connectivity index (χ1) is 9.63. The van der Waals surface area contributed by atoms with Crippen molar-refractivity contribution in [3.8, 4) is 17.2 Å². The van der Waals surface area contributed by atoms with E-state index in [0.717, 1.165) is 22.9 Å². The van der Waals surface area contributed by atoms with Gasteiger partial charge in [-0.1, -0.05) is 6.07 Å². The van der Waals surface area contributed by atoms with Crippen LogP contribution in [0.25, 0.3) is 10.8 Å². The van der Waals surface area contributed by atoms with Crippen LogP contribution in [0, 0.1) is 0 Å². The van der Waals surface area contributed by atoms with Gasteiger partial charge in [-0.05, 0) is 30.4 Å². The van der Waals surface area contributed by atoms with Crippen molar-refractivity contribution in [2.45, 2.75) is 26.1 Å². The zero-order valence-electron chi connectivity index (χ0n) is 11.9. The second kappa shape index (κ2) is 4.87. The summed E-state index contributed by atoms with van der Waals surface area (Å²) in [5, 5.41) is 12.2. The molecule has 0 saturated heterocycles. The summed E-state index contributed by atoms with van der Waals surface area (Å²) >= 11 is 0. The molecule has 1 heterocycles. The zero-order chi connectivity index (χ0) is 14.3. The van der Waals surface area contributed by atoms with Crippen LogP contribution in [0.2, 0.25) is 0 Å². The minimum atomic E-state index is 0.173. The quantitative estimate of drug-likeness (QED) is 0.914. The molecular formula is C16H18O4. The second-order valence-corrected chi connectivity index (χ2v) is 5.12. The molecule has 0 amide bonds. The molecule has 0 aromatic heterocycles. The highest BCUT2D eigenvalue weighted by atomic mass is 16.5. The van der Waals surface area contributed by atoms with Crippen molar-refractivity contribution in [2.24, 2.45) is 0 Å². The van der Waals surface area contributed by atoms with Crippen molar-refractivity contribution in [2.75, 3.05) is 14.2 Å². The topological polar surface area (TPSA) is 47.9 Å². The monoisotopic (exact) mass is 274 g/mol. The zero-order valence-corrected chi connectivity index (χ0v) is 11.9. The molecule has 0 fully saturated rings. The lowest BCUT2D eigenvalue weighted by Gasteiger charge is -2.24. The van der Waals surface area contributed by atoms with Gasteiger partial charge in [-0.3, -0.25) is 0 Å². The predicted octanol–water partition coefficient (Wildman–Crippen LogP) is 3.02. The number of rotatable bonds is 2. The summed E-state index contributed by atoms with van der Waals surface area (Å²) in [6, 6.07) is 5.78. The fourth-order valence-corrected chi connectivity index (χ4v) is 2.77. The number of hydrogen-bond acceptors (Lipinski definition) is 4. The van der Waals surface area contributed by atoms with Gasteiger partial charge in [-0.25, -0.2) is 0 Å². The molecule has 1 atom stereocenters. The molecule has 1 aliphatic heterocycles. The van der Waals surface area contributed by atoms with Crippen LogP contribution in [0.3, 0.4) is 0 Å². The van der Waals surface area contributed by atoms with Crippen LogP contribution < -0.4 is 9.47 Å². The Bertz CT molecular complexity index is 663. The summed E-state index contributed by atoms with van der Waals surface area (Å²) < 4.78 is 16.3. The van der Waals surface area contributed by atoms with Crippen molar-refractivity contribution in [3.63, 3.8) is 0 Å². The Hall–Kier alpha value is -1.94. The molecule has 1 N–H and O–H groups in total. The number of aromatic hydroxyl groups is 1. The van der Waals surface area contributed by atoms with Crippen molar-refractivity contribution in [3.05, 3.63) is 29.3 Å². The van der Waals surface area contributed by atoms with Gasteiger partial charge in [-0.15, -0.1) is 0 Å². The van der Waals surface area contributed by atoms with E-state index < -0.39 is 0 Å². The molecule has 1 aliphatic rings. The van der Waals surface area contributed by atoms with E-state index in [1.807, 2.05) is 13.0 Å². The van der Waals surface area contributed by atoms with Crippen LogP contribution >= 0.6 is 0 Å². The highest BCUT2D eigenvalue weighted by molar-refractivity contribution is 5.96. The maximum atomic E-state index is 10.6. The standard InChI is InChI=1S/C16H18O4/c1-9-4-10-5-11-6-12(18-2)7-14(19-3)15(11)16(17)13(10)8-20-9/h5-7,9,17H,4,8H2,1-3H3/t9-/m0/s1. The van der Waals surface area contributed by atoms with Gasteiger partial charge in [0.15, 0.2) is 0 Å². The van der Waals surface area contributed by atoms with E-state index in [0.29, 0.717) is 23.5 Å². The molecule has 0 saturated carbocycles. The van der Waals surface area contributed by atoms with Gasteiger partial charge in [-0.2, -0.15) is 0 Å². The van der Waals surface area contributed by atoms with Gasteiger partial charge >= 0.3 is 0 Å². The lowest BCUT2D eigenvalue weighted by atomic mass is 9.94. The fourth-order valence-electron chi connectivity index (χ4n) is 2.77. The molecule has 0 spiro atoms. The van der Waals surface area contributed by atoms with Gasteiger partial charge in [0, 0.05) is 11.6 Å². The Balaban J connectivity index is 2.30. The molecule has 2 aromatic carbocycles. The minimum absolute atomic E-state index is 0.173. The molecule has 4 heteroatoms. The third-order valence-electron chi connectivity index (χ3n) is 3.82. The van der Waals surface area contributed by atoms with Crippen LogP contribution in [0.15, 0.2) is 18.2 Å². The van der Waals surface area contributed by atoms with Crippen LogP contribution in [0.4, 0.5) is 0 Å². The molecule has 0 radical (unpaired) electrons. The Morgan fingerprint density at radius 1 is 1.20 bits per heavy atom. The highest BCUT2D eigenvalue weighted by Gasteiger charge is 2.22. The summed E-state index contributed by atoms with van der Waals surface area (Å²) in [5.74, 6) is 1.58. The molecule has 3 rings (SSSR count). The van der Waals surface area contributed by atoms with Gasteiger partial charge in [0.05, 0.1) is 32.3 Å². The summed E-state index contributed by atoms with van der Waals surface area (Å²) in [4.78, 5) is 0. The minimum Gasteiger partial charge on any atom is -0.507 e. The molecule has 20 heavy (non-hydrogen) atoms. The van der Waals surface area contributed by atoms with Crippen LogP contribution in [0.1, 0.15) is 18.1 Å². The lowest BCUT2D eigenvalue weighted by molar-refractivity contribution is 0.0398. The van der Waals surface area contributed by atoms with E-state index in [1.165, 1.54) is 0 Å². The molecule has 0 aliphatic carbocycles. The first-order valence-corrected chi connectivity index (χ1v) is 6.65. The largest absolute Gasteiger partial charge is 0.507 e. The van der Waals surface area contributed by atoms with Crippen molar-refractivity contribution < 1.29 is 19.3 Å². The lowest BCUT2D eigenvalue weighted by Crippen LogP contribution is -2.19. The van der Waals surface area contributed by atoms with Crippen molar-refractivity contribution in [1.82, 2.24) is 0 Å². The Kier molecular flexibility index (Phi) is 3.18. The first kappa shape index (κ1) is 13.1. The summed E-state index contributed by atoms with van der Waals surface area (Å²) in [5.41, 5.74) is 1.99. The maximum Gasteiger partial charge on any atom is 0.134 e. The number of phenolic OH excluding ortho intramolecular Hbond substituents is 1. The number of fused-ring (bicyclic) bond motifs is 2. The smallest absolute Gasteiger partial charge is 0.134 e. The van der Waals surface area contributed by atoms with Gasteiger partial charge < -0.3 is 19.3 Å². The number of benzene rings is 2. The van der Waals surface area contributed by atoms with Crippen LogP contribution in [-0.4, -0.2) is 25.4 Å². The number of methoxy groups -OCH3 is 2. The number of phenols is 1. The SMILES string of the molecule is COc1cc(OC)c2c(O)c3c(cc2c1)C[C@H](C)OC3. The van der Waals surface area contributed by atoms with Gasteiger partial charge in [0.25, 0.3) is 0 Å². The summed E-state index contributed by atoms with van der Waals surface area (Å²) in [6.45, 7) is 2.48. The van der Waals surface area contributed by atoms with Gasteiger partial charge in [0.2, 0.25) is 0 Å². The predicted molar refractivity (Wildman–Crippen MR) is 76.7 cm³/mol. The third kappa shape index (κ3) is 1.96. The van der Waals surface area contributed by atoms with E-state index in [9.17, 15) is 5.11 Å². The van der Waals surface area contributed by atoms with Crippen molar-refractivity contribution >= 4 is 10.8 Å². The summed E-state index contributed by atoms with van der Waals surface area (Å²) in [7, 11) is 3.21. The van der Waals surface area contributed by atoms with E-state index in [4.69, 9.17) is 14.2 Å². The molecule has 2 aromatic rings. The Morgan fingerprint density at radius 2 is 2.00 bits per heavy atom. The maximum absolute atomic E-state index is 10.6. The van der Waals surface area contributed by atoms with E-state index in [-0.39, 0.29) is 11.9 Å². The van der Waals surface area contributed by atoms with E-state index in [2.05, 4.69) is 6.07 Å². The Labute approximate surface area is 117 Å². The normalized spacial score (nSPS) is 17.9. The number of hydrogen-bond donors (Lipinski definition) is 1. The van der Waals surface area contributed by atoms with E-state index in [1.54, 1.807) is 20.3 Å². The van der Waals surface area contributed by atoms with Crippen LogP contribution in [0.5, 0.6) is 17.2 Å². The second-order valence-electron chi connectivity index (χ2n) is 5.12. The first-order valence-electron chi connectivity index (χ1n) is 6.65. The van der Waals surface area contributed by atoms with Crippen molar-refractivity contribution in [1.29, 1.82) is 0 Å². The summed E-state index contributed by atoms with van der Waals surface area (Å²) in [6.07, 6.45) is 0.977. The molecular weight excluding hydrogens is 256 g/mol. The van der Waals surface area contributed by atoms with Crippen LogP contribution in [-0.2, 0) is 17.8 Å². The third-order valence-corrected chi connectivity index (χ3v) is 3.82. The number of ether oxygens (including phenoxy) is 3. The average Bonchev–Trinajstić information content (AvgIpc) is 2.45. The Morgan fingerprint density at radius 3 is 2.70 bits per heavy atom. The van der Waals surface area contributed by atoms with E-state index >= 15 is 0 Å². The average molecular weight is 274 g/mol. The molecule has 0 unspecified atom stereocenters. The van der Waals surface area contributed by atoms with Gasteiger partial charge in [0.1, 0.15) is 17.2 Å². The fraction of sp³-hybridized carbons (Fsp3) is 0.375. The molecule has 106 valence electrons. The molecule has 0 bridgehead atoms. The highest BCUT2D eigenvalue weighted by Crippen LogP contribution is 2.42. The molecule has 4 nitrogen and oxygen atoms in total.